The number of aliphatic hydroxyl groups excluding tert-OH is 1. The van der Waals surface area contributed by atoms with Gasteiger partial charge in [0, 0.05) is 10.7 Å². The van der Waals surface area contributed by atoms with E-state index < -0.39 is 29.3 Å². The average molecular weight is 537 g/mol. The Labute approximate surface area is 215 Å². The summed E-state index contributed by atoms with van der Waals surface area (Å²) >= 11 is 18.7. The Balaban J connectivity index is 2.02. The highest BCUT2D eigenvalue weighted by Crippen LogP contribution is 2.48. The lowest BCUT2D eigenvalue weighted by Crippen LogP contribution is -2.29. The number of halogens is 4. The van der Waals surface area contributed by atoms with Crippen molar-refractivity contribution in [1.29, 1.82) is 0 Å². The summed E-state index contributed by atoms with van der Waals surface area (Å²) in [6.45, 7) is 0. The van der Waals surface area contributed by atoms with E-state index in [2.05, 4.69) is 0 Å². The minimum atomic E-state index is -1.11. The van der Waals surface area contributed by atoms with Gasteiger partial charge in [-0.1, -0.05) is 53.0 Å². The van der Waals surface area contributed by atoms with Crippen molar-refractivity contribution in [2.75, 3.05) is 19.1 Å². The van der Waals surface area contributed by atoms with E-state index in [-0.39, 0.29) is 38.4 Å². The molecule has 1 atom stereocenters. The van der Waals surface area contributed by atoms with Crippen LogP contribution in [0.1, 0.15) is 17.2 Å². The van der Waals surface area contributed by atoms with Crippen LogP contribution in [0.2, 0.25) is 15.1 Å². The van der Waals surface area contributed by atoms with Crippen molar-refractivity contribution in [1.82, 2.24) is 0 Å². The molecule has 1 amide bonds. The molecule has 1 saturated heterocycles. The number of ether oxygens (including phenoxy) is 2. The molecule has 0 spiro atoms. The van der Waals surface area contributed by atoms with Crippen LogP contribution in [-0.2, 0) is 9.59 Å². The fourth-order valence-corrected chi connectivity index (χ4v) is 4.79. The maximum Gasteiger partial charge on any atom is 0.300 e. The minimum absolute atomic E-state index is 0.0165. The van der Waals surface area contributed by atoms with E-state index in [1.54, 1.807) is 24.3 Å². The lowest BCUT2D eigenvalue weighted by Gasteiger charge is -2.25. The second-order valence-electron chi connectivity index (χ2n) is 7.49. The van der Waals surface area contributed by atoms with Crippen LogP contribution in [-0.4, -0.2) is 31.0 Å². The smallest absolute Gasteiger partial charge is 0.300 e. The van der Waals surface area contributed by atoms with Crippen molar-refractivity contribution in [3.05, 3.63) is 92.2 Å². The predicted octanol–water partition coefficient (Wildman–Crippen LogP) is 6.43. The third-order valence-corrected chi connectivity index (χ3v) is 6.39. The molecular formula is C25H17Cl3FNO5. The van der Waals surface area contributed by atoms with Gasteiger partial charge in [0.25, 0.3) is 11.7 Å². The van der Waals surface area contributed by atoms with E-state index in [1.165, 1.54) is 38.5 Å². The number of hydrogen-bond donors (Lipinski definition) is 1. The maximum absolute atomic E-state index is 14.0. The summed E-state index contributed by atoms with van der Waals surface area (Å²) in [6, 6.07) is 11.8. The van der Waals surface area contributed by atoms with Crippen LogP contribution in [0, 0.1) is 5.82 Å². The molecule has 0 saturated carbocycles. The van der Waals surface area contributed by atoms with E-state index >= 15 is 0 Å². The van der Waals surface area contributed by atoms with Crippen LogP contribution in [0.3, 0.4) is 0 Å². The molecule has 0 bridgehead atoms. The molecule has 6 nitrogen and oxygen atoms in total. The summed E-state index contributed by atoms with van der Waals surface area (Å²) < 4.78 is 24.6. The zero-order chi connectivity index (χ0) is 25.4. The topological polar surface area (TPSA) is 76.1 Å². The summed E-state index contributed by atoms with van der Waals surface area (Å²) in [6.07, 6.45) is 0. The number of carbonyl (C=O) groups is 2. The second kappa shape index (κ2) is 9.77. The fraction of sp³-hybridized carbons (Fsp3) is 0.120. The van der Waals surface area contributed by atoms with Gasteiger partial charge in [-0.15, -0.1) is 0 Å². The quantitative estimate of drug-likeness (QED) is 0.231. The van der Waals surface area contributed by atoms with Gasteiger partial charge in [-0.05, 0) is 42.0 Å². The molecule has 0 aromatic heterocycles. The normalized spacial score (nSPS) is 17.1. The number of hydrogen-bond acceptors (Lipinski definition) is 5. The first-order valence-electron chi connectivity index (χ1n) is 10.1. The van der Waals surface area contributed by atoms with Crippen LogP contribution < -0.4 is 14.4 Å². The van der Waals surface area contributed by atoms with Crippen molar-refractivity contribution >= 4 is 57.9 Å². The van der Waals surface area contributed by atoms with Crippen LogP contribution in [0.15, 0.2) is 60.2 Å². The van der Waals surface area contributed by atoms with Crippen LogP contribution in [0.5, 0.6) is 11.5 Å². The minimum Gasteiger partial charge on any atom is -0.507 e. The van der Waals surface area contributed by atoms with E-state index in [0.29, 0.717) is 10.6 Å². The number of ketones is 1. The average Bonchev–Trinajstić information content (AvgIpc) is 3.09. The zero-order valence-electron chi connectivity index (χ0n) is 18.3. The van der Waals surface area contributed by atoms with E-state index in [0.717, 1.165) is 11.0 Å². The van der Waals surface area contributed by atoms with Gasteiger partial charge in [0.2, 0.25) is 0 Å². The molecule has 1 aliphatic rings. The third kappa shape index (κ3) is 4.31. The number of rotatable bonds is 5. The molecule has 1 heterocycles. The highest BCUT2D eigenvalue weighted by atomic mass is 35.5. The lowest BCUT2D eigenvalue weighted by molar-refractivity contribution is -0.132. The predicted molar refractivity (Wildman–Crippen MR) is 132 cm³/mol. The van der Waals surface area contributed by atoms with Gasteiger partial charge in [0.05, 0.1) is 36.4 Å². The summed E-state index contributed by atoms with van der Waals surface area (Å²) in [5, 5.41) is 11.8. The molecule has 10 heteroatoms. The van der Waals surface area contributed by atoms with Gasteiger partial charge in [-0.3, -0.25) is 14.5 Å². The lowest BCUT2D eigenvalue weighted by atomic mass is 9.94. The van der Waals surface area contributed by atoms with Crippen molar-refractivity contribution in [2.45, 2.75) is 6.04 Å². The highest BCUT2D eigenvalue weighted by Gasteiger charge is 2.47. The SMILES string of the molecule is COc1c(Cl)cc(/C(O)=C2\C(=O)C(=O)N(c3cccc(F)c3)C2c2ccc(Cl)cc2)c(OC)c1Cl. The van der Waals surface area contributed by atoms with Gasteiger partial charge in [0.1, 0.15) is 16.6 Å². The molecule has 35 heavy (non-hydrogen) atoms. The van der Waals surface area contributed by atoms with Crippen molar-refractivity contribution in [3.63, 3.8) is 0 Å². The molecule has 1 unspecified atom stereocenters. The van der Waals surface area contributed by atoms with Gasteiger partial charge in [0.15, 0.2) is 11.5 Å². The first-order valence-corrected chi connectivity index (χ1v) is 11.2. The Morgan fingerprint density at radius 1 is 0.971 bits per heavy atom. The van der Waals surface area contributed by atoms with Crippen LogP contribution in [0.25, 0.3) is 5.76 Å². The van der Waals surface area contributed by atoms with Crippen molar-refractivity contribution in [2.24, 2.45) is 0 Å². The monoisotopic (exact) mass is 535 g/mol. The molecule has 1 fully saturated rings. The van der Waals surface area contributed by atoms with E-state index in [4.69, 9.17) is 44.3 Å². The second-order valence-corrected chi connectivity index (χ2v) is 8.71. The number of carbonyl (C=O) groups excluding carboxylic acids is 2. The molecule has 3 aromatic carbocycles. The van der Waals surface area contributed by atoms with E-state index in [9.17, 15) is 19.1 Å². The zero-order valence-corrected chi connectivity index (χ0v) is 20.6. The van der Waals surface area contributed by atoms with Crippen molar-refractivity contribution < 1.29 is 28.6 Å². The maximum atomic E-state index is 14.0. The highest BCUT2D eigenvalue weighted by molar-refractivity contribution is 6.52. The number of Topliss-reactive ketones (excluding diaryl/α,β-unsaturated/α-hetero) is 1. The Morgan fingerprint density at radius 3 is 2.23 bits per heavy atom. The van der Waals surface area contributed by atoms with Crippen LogP contribution in [0.4, 0.5) is 10.1 Å². The summed E-state index contributed by atoms with van der Waals surface area (Å²) in [4.78, 5) is 27.6. The Hall–Kier alpha value is -3.26. The van der Waals surface area contributed by atoms with E-state index in [1.807, 2.05) is 0 Å². The number of benzene rings is 3. The van der Waals surface area contributed by atoms with Gasteiger partial charge in [-0.2, -0.15) is 0 Å². The van der Waals surface area contributed by atoms with Gasteiger partial charge in [-0.25, -0.2) is 4.39 Å². The molecule has 4 rings (SSSR count). The Morgan fingerprint density at radius 2 is 1.63 bits per heavy atom. The Kier molecular flexibility index (Phi) is 6.94. The molecule has 1 N–H and O–H groups in total. The first kappa shape index (κ1) is 24.9. The number of anilines is 1. The molecule has 180 valence electrons. The number of amides is 1. The largest absolute Gasteiger partial charge is 0.507 e. The third-order valence-electron chi connectivity index (χ3n) is 5.51. The number of aliphatic hydroxyl groups is 1. The summed E-state index contributed by atoms with van der Waals surface area (Å²) in [5.74, 6) is -3.04. The molecule has 0 aliphatic carbocycles. The standard InChI is InChI=1S/C25H17Cl3FNO5/c1-34-23-16(11-17(27)24(35-2)19(23)28)21(31)18-20(12-6-8-13(26)9-7-12)30(25(33)22(18)32)15-5-3-4-14(29)10-15/h3-11,20,31H,1-2H3/b21-18+. The fourth-order valence-electron chi connectivity index (χ4n) is 3.98. The Bertz CT molecular complexity index is 1370. The molecular weight excluding hydrogens is 520 g/mol. The van der Waals surface area contributed by atoms with Gasteiger partial charge >= 0.3 is 0 Å². The molecule has 3 aromatic rings. The van der Waals surface area contributed by atoms with Crippen molar-refractivity contribution in [3.8, 4) is 11.5 Å². The molecule has 1 aliphatic heterocycles. The van der Waals surface area contributed by atoms with Gasteiger partial charge < -0.3 is 14.6 Å². The first-order chi connectivity index (χ1) is 16.7. The number of nitrogens with zero attached hydrogens (tertiary/aromatic N) is 1. The van der Waals surface area contributed by atoms with Crippen LogP contribution >= 0.6 is 34.8 Å². The summed E-state index contributed by atoms with van der Waals surface area (Å²) in [7, 11) is 2.67. The number of methoxy groups -OCH3 is 2. The summed E-state index contributed by atoms with van der Waals surface area (Å²) in [5.41, 5.74) is 0.282. The molecule has 0 radical (unpaired) electrons.